The van der Waals surface area contributed by atoms with Crippen LogP contribution in [0.3, 0.4) is 0 Å². The molecule has 4 aromatic rings. The molecule has 4 rings (SSSR count). The Labute approximate surface area is 215 Å². The topological polar surface area (TPSA) is 94.8 Å². The smallest absolute Gasteiger partial charge is 0.408 e. The van der Waals surface area contributed by atoms with Crippen LogP contribution in [0.2, 0.25) is 0 Å². The summed E-state index contributed by atoms with van der Waals surface area (Å²) in [5.41, 5.74) is 2.73. The molecule has 0 unspecified atom stereocenters. The highest BCUT2D eigenvalue weighted by Crippen LogP contribution is 2.30. The van der Waals surface area contributed by atoms with Gasteiger partial charge in [0.1, 0.15) is 17.9 Å². The number of carbonyl (C=O) groups excluding carboxylic acids is 2. The minimum atomic E-state index is -1.11. The van der Waals surface area contributed by atoms with Crippen LogP contribution in [0.15, 0.2) is 88.1 Å². The summed E-state index contributed by atoms with van der Waals surface area (Å²) in [5, 5.41) is 3.43. The van der Waals surface area contributed by atoms with Gasteiger partial charge < -0.3 is 19.2 Å². The fraction of sp³-hybridized carbons (Fsp3) is 0.233. The molecule has 0 aliphatic heterocycles. The van der Waals surface area contributed by atoms with Gasteiger partial charge in [0.2, 0.25) is 0 Å². The molecule has 0 aliphatic carbocycles. The fourth-order valence-corrected chi connectivity index (χ4v) is 4.07. The van der Waals surface area contributed by atoms with Gasteiger partial charge in [-0.25, -0.2) is 14.4 Å². The molecule has 1 amide bonds. The molecule has 7 heteroatoms. The quantitative estimate of drug-likeness (QED) is 0.172. The molecule has 0 spiro atoms. The van der Waals surface area contributed by atoms with Gasteiger partial charge in [-0.1, -0.05) is 74.0 Å². The number of rotatable bonds is 9. The Bertz CT molecular complexity index is 1430. The standard InChI is InChI=1S/C30H29NO6/c1-3-4-13-23-18-26(32)37-28-20(2)25(17-16-24(23)28)36-29(33)27(22-14-9-6-10-15-22)31-30(34)35-19-21-11-7-5-8-12-21/h5-12,14-18,27H,3-4,13,19H2,1-2H3,(H,31,34)/t27-/m0/s1. The molecule has 1 heterocycles. The normalized spacial score (nSPS) is 11.6. The van der Waals surface area contributed by atoms with Gasteiger partial charge >= 0.3 is 17.7 Å². The van der Waals surface area contributed by atoms with Gasteiger partial charge in [0, 0.05) is 17.0 Å². The van der Waals surface area contributed by atoms with Crippen LogP contribution in [0.25, 0.3) is 11.0 Å². The van der Waals surface area contributed by atoms with Crippen molar-refractivity contribution in [3.63, 3.8) is 0 Å². The number of ether oxygens (including phenoxy) is 2. The van der Waals surface area contributed by atoms with Gasteiger partial charge in [0.15, 0.2) is 6.04 Å². The van der Waals surface area contributed by atoms with Gasteiger partial charge in [-0.3, -0.25) is 0 Å². The minimum absolute atomic E-state index is 0.0619. The van der Waals surface area contributed by atoms with Gasteiger partial charge in [0.25, 0.3) is 0 Å². The van der Waals surface area contributed by atoms with E-state index in [1.807, 2.05) is 36.4 Å². The summed E-state index contributed by atoms with van der Waals surface area (Å²) >= 11 is 0. The Hall–Kier alpha value is -4.39. The third-order valence-corrected chi connectivity index (χ3v) is 6.05. The lowest BCUT2D eigenvalue weighted by Crippen LogP contribution is -2.36. The average Bonchev–Trinajstić information content (AvgIpc) is 2.92. The summed E-state index contributed by atoms with van der Waals surface area (Å²) < 4.78 is 16.5. The first-order chi connectivity index (χ1) is 18.0. The maximum Gasteiger partial charge on any atom is 0.408 e. The molecule has 0 aliphatic rings. The molecule has 0 bridgehead atoms. The SMILES string of the molecule is CCCCc1cc(=O)oc2c(C)c(OC(=O)[C@@H](NC(=O)OCc3ccccc3)c3ccccc3)ccc12. The fourth-order valence-electron chi connectivity index (χ4n) is 4.07. The third-order valence-electron chi connectivity index (χ3n) is 6.05. The number of unbranched alkanes of at least 4 members (excludes halogenated alkanes) is 1. The highest BCUT2D eigenvalue weighted by molar-refractivity contribution is 5.88. The second-order valence-corrected chi connectivity index (χ2v) is 8.73. The molecule has 0 saturated heterocycles. The highest BCUT2D eigenvalue weighted by Gasteiger charge is 2.26. The molecule has 3 aromatic carbocycles. The summed E-state index contributed by atoms with van der Waals surface area (Å²) in [4.78, 5) is 38.1. The van der Waals surface area contributed by atoms with Gasteiger partial charge in [-0.05, 0) is 48.6 Å². The van der Waals surface area contributed by atoms with E-state index in [0.29, 0.717) is 16.7 Å². The van der Waals surface area contributed by atoms with Gasteiger partial charge in [-0.2, -0.15) is 0 Å². The lowest BCUT2D eigenvalue weighted by atomic mass is 10.0. The summed E-state index contributed by atoms with van der Waals surface area (Å²) in [6.07, 6.45) is 1.94. The van der Waals surface area contributed by atoms with Crippen LogP contribution in [0, 0.1) is 6.92 Å². The molecule has 1 atom stereocenters. The van der Waals surface area contributed by atoms with E-state index in [0.717, 1.165) is 35.8 Å². The van der Waals surface area contributed by atoms with Crippen LogP contribution in [-0.2, 0) is 22.6 Å². The van der Waals surface area contributed by atoms with Crippen molar-refractivity contribution in [2.75, 3.05) is 0 Å². The first kappa shape index (κ1) is 25.7. The lowest BCUT2D eigenvalue weighted by molar-refractivity contribution is -0.136. The van der Waals surface area contributed by atoms with E-state index in [1.165, 1.54) is 6.07 Å². The monoisotopic (exact) mass is 499 g/mol. The molecular weight excluding hydrogens is 470 g/mol. The molecule has 1 aromatic heterocycles. The zero-order valence-corrected chi connectivity index (χ0v) is 20.9. The van der Waals surface area contributed by atoms with E-state index in [1.54, 1.807) is 43.3 Å². The van der Waals surface area contributed by atoms with Crippen molar-refractivity contribution < 1.29 is 23.5 Å². The van der Waals surface area contributed by atoms with Gasteiger partial charge in [-0.15, -0.1) is 0 Å². The highest BCUT2D eigenvalue weighted by atomic mass is 16.6. The molecular formula is C30H29NO6. The van der Waals surface area contributed by atoms with Crippen molar-refractivity contribution in [1.29, 1.82) is 0 Å². The summed E-state index contributed by atoms with van der Waals surface area (Å²) in [5.74, 6) is -0.455. The second-order valence-electron chi connectivity index (χ2n) is 8.73. The van der Waals surface area contributed by atoms with Crippen LogP contribution in [0.1, 0.15) is 48.1 Å². The van der Waals surface area contributed by atoms with E-state index in [4.69, 9.17) is 13.9 Å². The number of aryl methyl sites for hydroxylation is 2. The maximum atomic E-state index is 13.3. The van der Waals surface area contributed by atoms with Crippen LogP contribution < -0.4 is 15.7 Å². The molecule has 0 saturated carbocycles. The molecule has 190 valence electrons. The Kier molecular flexibility index (Phi) is 8.36. The van der Waals surface area contributed by atoms with Crippen molar-refractivity contribution in [1.82, 2.24) is 5.32 Å². The van der Waals surface area contributed by atoms with Crippen molar-refractivity contribution in [3.8, 4) is 5.75 Å². The maximum absolute atomic E-state index is 13.3. The van der Waals surface area contributed by atoms with Crippen molar-refractivity contribution in [2.24, 2.45) is 0 Å². The summed E-state index contributed by atoms with van der Waals surface area (Å²) in [7, 11) is 0. The van der Waals surface area contributed by atoms with Crippen molar-refractivity contribution >= 4 is 23.0 Å². The number of hydrogen-bond donors (Lipinski definition) is 1. The predicted octanol–water partition coefficient (Wildman–Crippen LogP) is 6.02. The Morgan fingerprint density at radius 2 is 1.68 bits per heavy atom. The Balaban J connectivity index is 1.56. The van der Waals surface area contributed by atoms with E-state index < -0.39 is 23.7 Å². The number of nitrogens with one attached hydrogen (secondary N) is 1. The summed E-state index contributed by atoms with van der Waals surface area (Å²) in [6.45, 7) is 3.88. The first-order valence-corrected chi connectivity index (χ1v) is 12.3. The minimum Gasteiger partial charge on any atom is -0.445 e. The predicted molar refractivity (Wildman–Crippen MR) is 140 cm³/mol. The van der Waals surface area contributed by atoms with E-state index >= 15 is 0 Å². The first-order valence-electron chi connectivity index (χ1n) is 12.3. The number of hydrogen-bond acceptors (Lipinski definition) is 6. The van der Waals surface area contributed by atoms with Crippen LogP contribution >= 0.6 is 0 Å². The van der Waals surface area contributed by atoms with E-state index in [-0.39, 0.29) is 12.4 Å². The number of carbonyl (C=O) groups is 2. The average molecular weight is 500 g/mol. The Morgan fingerprint density at radius 1 is 0.973 bits per heavy atom. The number of amides is 1. The second kappa shape index (κ2) is 12.0. The zero-order chi connectivity index (χ0) is 26.2. The molecule has 1 N–H and O–H groups in total. The molecule has 7 nitrogen and oxygen atoms in total. The summed E-state index contributed by atoms with van der Waals surface area (Å²) in [6, 6.07) is 21.9. The van der Waals surface area contributed by atoms with Crippen molar-refractivity contribution in [2.45, 2.75) is 45.8 Å². The zero-order valence-electron chi connectivity index (χ0n) is 20.9. The molecule has 0 radical (unpaired) electrons. The Morgan fingerprint density at radius 3 is 2.38 bits per heavy atom. The number of esters is 1. The van der Waals surface area contributed by atoms with Crippen LogP contribution in [0.4, 0.5) is 4.79 Å². The number of alkyl carbamates (subject to hydrolysis) is 1. The molecule has 0 fully saturated rings. The van der Waals surface area contributed by atoms with Crippen LogP contribution in [-0.4, -0.2) is 12.1 Å². The number of benzene rings is 3. The molecule has 37 heavy (non-hydrogen) atoms. The van der Waals surface area contributed by atoms with Crippen molar-refractivity contribution in [3.05, 3.63) is 112 Å². The van der Waals surface area contributed by atoms with Crippen LogP contribution in [0.5, 0.6) is 5.75 Å². The lowest BCUT2D eigenvalue weighted by Gasteiger charge is -2.19. The third kappa shape index (κ3) is 6.44. The largest absolute Gasteiger partial charge is 0.445 e. The van der Waals surface area contributed by atoms with E-state index in [2.05, 4.69) is 12.2 Å². The van der Waals surface area contributed by atoms with E-state index in [9.17, 15) is 14.4 Å². The number of fused-ring (bicyclic) bond motifs is 1. The van der Waals surface area contributed by atoms with Gasteiger partial charge in [0.05, 0.1) is 0 Å².